The molecule has 176 valence electrons. The van der Waals surface area contributed by atoms with Crippen molar-refractivity contribution in [3.63, 3.8) is 0 Å². The zero-order chi connectivity index (χ0) is 24.7. The molecule has 1 heterocycles. The molecule has 0 saturated carbocycles. The first-order valence-corrected chi connectivity index (χ1v) is 9.64. The first kappa shape index (κ1) is 24.4. The van der Waals surface area contributed by atoms with Crippen LogP contribution >= 0.6 is 15.9 Å². The molecule has 0 amide bonds. The van der Waals surface area contributed by atoms with Crippen molar-refractivity contribution < 1.29 is 50.1 Å². The molecule has 1 N–H and O–H groups in total. The summed E-state index contributed by atoms with van der Waals surface area (Å²) in [5.41, 5.74) is -2.58. The summed E-state index contributed by atoms with van der Waals surface area (Å²) >= 11 is 2.98. The van der Waals surface area contributed by atoms with Crippen molar-refractivity contribution in [3.8, 4) is 11.5 Å². The van der Waals surface area contributed by atoms with Crippen LogP contribution in [0.2, 0.25) is 0 Å². The highest BCUT2D eigenvalue weighted by molar-refractivity contribution is 9.10. The highest BCUT2D eigenvalue weighted by atomic mass is 79.9. The van der Waals surface area contributed by atoms with Crippen LogP contribution in [0.5, 0.6) is 11.5 Å². The summed E-state index contributed by atoms with van der Waals surface area (Å²) in [5.74, 6) is -10.5. The van der Waals surface area contributed by atoms with Gasteiger partial charge in [-0.3, -0.25) is 0 Å². The van der Waals surface area contributed by atoms with Crippen molar-refractivity contribution in [2.24, 2.45) is 0 Å². The number of benzene rings is 2. The van der Waals surface area contributed by atoms with E-state index >= 15 is 0 Å². The van der Waals surface area contributed by atoms with Gasteiger partial charge < -0.3 is 19.5 Å². The van der Waals surface area contributed by atoms with Crippen LogP contribution in [0.3, 0.4) is 0 Å². The Morgan fingerprint density at radius 2 is 1.45 bits per heavy atom. The highest BCUT2D eigenvalue weighted by Gasteiger charge is 2.39. The van der Waals surface area contributed by atoms with Crippen molar-refractivity contribution in [2.45, 2.75) is 25.8 Å². The molecule has 6 nitrogen and oxygen atoms in total. The Bertz CT molecular complexity index is 1130. The normalized spacial score (nSPS) is 15.6. The lowest BCUT2D eigenvalue weighted by molar-refractivity contribution is -0.222. The molecule has 0 spiro atoms. The van der Waals surface area contributed by atoms with Gasteiger partial charge in [0.2, 0.25) is 0 Å². The standard InChI is InChI=1S/C20H12BrF6NO5/c1-19(2)32-17(29)10(18(30)33-19)7-28-14-6-9(21)5-13(24)16(14)31-15-11(22)3-8(4-12(15)23)20(25,26)27/h3-7,28H,1-2H3. The van der Waals surface area contributed by atoms with E-state index in [2.05, 4.69) is 21.2 Å². The van der Waals surface area contributed by atoms with E-state index < -0.39 is 64.0 Å². The van der Waals surface area contributed by atoms with Crippen molar-refractivity contribution in [3.05, 3.63) is 63.5 Å². The molecule has 0 aromatic heterocycles. The average molecular weight is 540 g/mol. The monoisotopic (exact) mass is 539 g/mol. The molecule has 1 saturated heterocycles. The van der Waals surface area contributed by atoms with Gasteiger partial charge in [-0.15, -0.1) is 0 Å². The molecule has 0 unspecified atom stereocenters. The van der Waals surface area contributed by atoms with Gasteiger partial charge in [-0.25, -0.2) is 22.8 Å². The molecule has 3 rings (SSSR count). The third-order valence-corrected chi connectivity index (χ3v) is 4.48. The van der Waals surface area contributed by atoms with Crippen LogP contribution in [0.1, 0.15) is 19.4 Å². The molecule has 0 aliphatic carbocycles. The summed E-state index contributed by atoms with van der Waals surface area (Å²) in [4.78, 5) is 24.0. The second-order valence-electron chi connectivity index (χ2n) is 7.01. The van der Waals surface area contributed by atoms with Crippen molar-refractivity contribution in [2.75, 3.05) is 5.32 Å². The summed E-state index contributed by atoms with van der Waals surface area (Å²) in [7, 11) is 0. The van der Waals surface area contributed by atoms with Gasteiger partial charge in [0.15, 0.2) is 34.5 Å². The number of alkyl halides is 3. The molecule has 0 radical (unpaired) electrons. The lowest BCUT2D eigenvalue weighted by Gasteiger charge is -2.29. The predicted molar refractivity (Wildman–Crippen MR) is 104 cm³/mol. The van der Waals surface area contributed by atoms with E-state index in [-0.39, 0.29) is 22.3 Å². The van der Waals surface area contributed by atoms with E-state index in [0.29, 0.717) is 0 Å². The number of hydrogen-bond donors (Lipinski definition) is 1. The van der Waals surface area contributed by atoms with Crippen LogP contribution in [-0.4, -0.2) is 17.7 Å². The molecular weight excluding hydrogens is 528 g/mol. The van der Waals surface area contributed by atoms with E-state index in [4.69, 9.17) is 14.2 Å². The molecule has 33 heavy (non-hydrogen) atoms. The maximum absolute atomic E-state index is 14.5. The number of carbonyl (C=O) groups is 2. The number of nitrogens with one attached hydrogen (secondary N) is 1. The number of carbonyl (C=O) groups excluding carboxylic acids is 2. The number of ether oxygens (including phenoxy) is 3. The molecule has 0 bridgehead atoms. The zero-order valence-electron chi connectivity index (χ0n) is 16.6. The smallest absolute Gasteiger partial charge is 0.416 e. The van der Waals surface area contributed by atoms with Gasteiger partial charge in [0.25, 0.3) is 5.79 Å². The zero-order valence-corrected chi connectivity index (χ0v) is 18.2. The summed E-state index contributed by atoms with van der Waals surface area (Å²) in [6, 6.07) is 1.97. The maximum Gasteiger partial charge on any atom is 0.416 e. The number of hydrogen-bond acceptors (Lipinski definition) is 6. The van der Waals surface area contributed by atoms with Crippen LogP contribution in [0.15, 0.2) is 40.5 Å². The van der Waals surface area contributed by atoms with Gasteiger partial charge in [-0.2, -0.15) is 13.2 Å². The maximum atomic E-state index is 14.5. The predicted octanol–water partition coefficient (Wildman–Crippen LogP) is 5.81. The van der Waals surface area contributed by atoms with Gasteiger partial charge in [0.1, 0.15) is 0 Å². The Labute approximate surface area is 190 Å². The van der Waals surface area contributed by atoms with Crippen LogP contribution in [0.4, 0.5) is 32.0 Å². The topological polar surface area (TPSA) is 73.9 Å². The van der Waals surface area contributed by atoms with Crippen LogP contribution in [-0.2, 0) is 25.2 Å². The third-order valence-electron chi connectivity index (χ3n) is 4.03. The van der Waals surface area contributed by atoms with E-state index in [1.165, 1.54) is 13.8 Å². The first-order valence-electron chi connectivity index (χ1n) is 8.84. The van der Waals surface area contributed by atoms with Crippen molar-refractivity contribution in [1.29, 1.82) is 0 Å². The highest BCUT2D eigenvalue weighted by Crippen LogP contribution is 2.39. The summed E-state index contributed by atoms with van der Waals surface area (Å²) in [6.45, 7) is 2.63. The summed E-state index contributed by atoms with van der Waals surface area (Å²) in [5, 5.41) is 2.36. The van der Waals surface area contributed by atoms with Crippen LogP contribution < -0.4 is 10.1 Å². The Kier molecular flexibility index (Phi) is 6.37. The van der Waals surface area contributed by atoms with E-state index in [9.17, 15) is 35.9 Å². The van der Waals surface area contributed by atoms with Gasteiger partial charge in [-0.1, -0.05) is 15.9 Å². The second-order valence-corrected chi connectivity index (χ2v) is 7.93. The Hall–Kier alpha value is -3.22. The molecule has 1 fully saturated rings. The van der Waals surface area contributed by atoms with Crippen molar-refractivity contribution in [1.82, 2.24) is 0 Å². The number of cyclic esters (lactones) is 2. The number of rotatable bonds is 4. The number of halogens is 7. The van der Waals surface area contributed by atoms with Gasteiger partial charge in [-0.05, 0) is 24.3 Å². The molecule has 1 aliphatic rings. The largest absolute Gasteiger partial charge is 0.446 e. The lowest BCUT2D eigenvalue weighted by Crippen LogP contribution is -2.42. The molecule has 13 heteroatoms. The Morgan fingerprint density at radius 1 is 0.939 bits per heavy atom. The fourth-order valence-electron chi connectivity index (χ4n) is 2.62. The summed E-state index contributed by atoms with van der Waals surface area (Å²) < 4.78 is 95.9. The van der Waals surface area contributed by atoms with Gasteiger partial charge in [0.05, 0.1) is 11.3 Å². The molecule has 2 aromatic carbocycles. The SMILES string of the molecule is CC1(C)OC(=O)C(=CNc2cc(Br)cc(F)c2Oc2c(F)cc(C(F)(F)F)cc2F)C(=O)O1. The molecular formula is C20H12BrF6NO5. The van der Waals surface area contributed by atoms with Crippen molar-refractivity contribution >= 4 is 33.6 Å². The molecule has 2 aromatic rings. The first-order chi connectivity index (χ1) is 15.2. The minimum Gasteiger partial charge on any atom is -0.446 e. The lowest BCUT2D eigenvalue weighted by atomic mass is 10.2. The number of anilines is 1. The molecule has 1 aliphatic heterocycles. The molecule has 0 atom stereocenters. The average Bonchev–Trinajstić information content (AvgIpc) is 2.63. The fraction of sp³-hybridized carbons (Fsp3) is 0.200. The fourth-order valence-corrected chi connectivity index (χ4v) is 3.05. The Balaban J connectivity index is 1.98. The summed E-state index contributed by atoms with van der Waals surface area (Å²) in [6.07, 6.45) is -4.24. The van der Waals surface area contributed by atoms with E-state index in [1.54, 1.807) is 0 Å². The van der Waals surface area contributed by atoms with Gasteiger partial charge >= 0.3 is 18.1 Å². The van der Waals surface area contributed by atoms with Crippen LogP contribution in [0, 0.1) is 17.5 Å². The van der Waals surface area contributed by atoms with Crippen LogP contribution in [0.25, 0.3) is 0 Å². The quantitative estimate of drug-likeness (QED) is 0.229. The minimum atomic E-state index is -5.03. The Morgan fingerprint density at radius 3 is 1.97 bits per heavy atom. The second kappa shape index (κ2) is 8.61. The van der Waals surface area contributed by atoms with E-state index in [1.807, 2.05) is 0 Å². The van der Waals surface area contributed by atoms with Gasteiger partial charge in [0, 0.05) is 24.5 Å². The minimum absolute atomic E-state index is 0.0138. The van der Waals surface area contributed by atoms with E-state index in [0.717, 1.165) is 18.3 Å². The third kappa shape index (κ3) is 5.41. The number of esters is 2.